The van der Waals surface area contributed by atoms with Crippen molar-refractivity contribution in [3.8, 4) is 0 Å². The van der Waals surface area contributed by atoms with Gasteiger partial charge in [0.2, 0.25) is 0 Å². The maximum Gasteiger partial charge on any atom is 0.187 e. The van der Waals surface area contributed by atoms with Gasteiger partial charge in [0.15, 0.2) is 25.2 Å². The van der Waals surface area contributed by atoms with E-state index < -0.39 is 176 Å². The van der Waals surface area contributed by atoms with Crippen LogP contribution in [0.25, 0.3) is 0 Å². The second kappa shape index (κ2) is 23.9. The average molecular weight is 1140 g/mol. The molecule has 79 heavy (non-hydrogen) atoms. The molecule has 0 bridgehead atoms. The third-order valence-corrected chi connectivity index (χ3v) is 21.6. The first-order chi connectivity index (χ1) is 36.9. The molecule has 0 aromatic rings. The highest BCUT2D eigenvalue weighted by Gasteiger charge is 2.77. The van der Waals surface area contributed by atoms with Gasteiger partial charge in [0.05, 0.1) is 50.3 Å². The minimum atomic E-state index is -1.91. The minimum Gasteiger partial charge on any atom is -0.394 e. The van der Waals surface area contributed by atoms with Gasteiger partial charge in [-0.25, -0.2) is 0 Å². The first-order valence-electron chi connectivity index (χ1n) is 28.7. The van der Waals surface area contributed by atoms with Crippen LogP contribution in [0.3, 0.4) is 0 Å². The summed E-state index contributed by atoms with van der Waals surface area (Å²) in [5.41, 5.74) is -2.57. The van der Waals surface area contributed by atoms with Gasteiger partial charge >= 0.3 is 0 Å². The average Bonchev–Trinajstić information content (AvgIpc) is 3.88. The predicted molar refractivity (Wildman–Crippen MR) is 276 cm³/mol. The molecule has 4 aliphatic heterocycles. The lowest BCUT2D eigenvalue weighted by Crippen LogP contribution is -2.72. The molecule has 0 amide bonds. The lowest BCUT2D eigenvalue weighted by Gasteiger charge is -2.74. The SMILES string of the molecule is CCO[C@@H]1CC2[C@@]3(C)C[C@@H](O)[C@H](O[C@@H]4O[C@H](COC5OCC(O)C(O)C5O)[C@@H](O)[C@H](O)[C@H]4O[C@@H]4O[C@H](CO)[C@@H](O)[C@H](O)[C@H]4O)C(C)(C)C3CC[C@@]2(C)[C@]2(C)CC[C@H](C(C)(CCC=C(C)C)O[C@@H]3O[C@H](CO)[C@@H](O)[C@H](O)[C@H]3O)[C@@]12C. The first-order valence-corrected chi connectivity index (χ1v) is 28.7. The Morgan fingerprint density at radius 1 is 0.620 bits per heavy atom. The molecule has 7 unspecified atom stereocenters. The molecule has 8 aliphatic rings. The van der Waals surface area contributed by atoms with E-state index in [0.717, 1.165) is 24.8 Å². The van der Waals surface area contributed by atoms with Gasteiger partial charge in [-0.3, -0.25) is 0 Å². The lowest BCUT2D eigenvalue weighted by atomic mass is 9.32. The van der Waals surface area contributed by atoms with Gasteiger partial charge in [-0.1, -0.05) is 53.2 Å². The highest BCUT2D eigenvalue weighted by atomic mass is 16.8. The molecule has 23 nitrogen and oxygen atoms in total. The number of fused-ring (bicyclic) bond motifs is 5. The number of hydrogen-bond acceptors (Lipinski definition) is 23. The molecule has 0 aromatic carbocycles. The molecule has 4 saturated heterocycles. The normalized spacial score (nSPS) is 52.6. The molecule has 0 aromatic heterocycles. The molecule has 4 aliphatic carbocycles. The summed E-state index contributed by atoms with van der Waals surface area (Å²) in [5.74, 6) is -0.308. The molecule has 14 N–H and O–H groups in total. The molecule has 4 saturated carbocycles. The summed E-state index contributed by atoms with van der Waals surface area (Å²) in [7, 11) is 0. The summed E-state index contributed by atoms with van der Waals surface area (Å²) >= 11 is 0. The van der Waals surface area contributed by atoms with E-state index in [1.807, 2.05) is 41.5 Å². The van der Waals surface area contributed by atoms with Crippen molar-refractivity contribution in [1.29, 1.82) is 0 Å². The van der Waals surface area contributed by atoms with Crippen LogP contribution in [0.1, 0.15) is 121 Å². The topological polar surface area (TPSA) is 366 Å². The molecule has 0 spiro atoms. The Bertz CT molecular complexity index is 2060. The maximum absolute atomic E-state index is 12.8. The highest BCUT2D eigenvalue weighted by Crippen LogP contribution is 2.80. The molecule has 23 heteroatoms. The number of hydrogen-bond donors (Lipinski definition) is 14. The van der Waals surface area contributed by atoms with E-state index in [4.69, 9.17) is 42.6 Å². The van der Waals surface area contributed by atoms with Crippen molar-refractivity contribution >= 4 is 0 Å². The van der Waals surface area contributed by atoms with Crippen LogP contribution in [-0.4, -0.2) is 245 Å². The Kier molecular flexibility index (Phi) is 19.3. The van der Waals surface area contributed by atoms with Crippen molar-refractivity contribution in [3.05, 3.63) is 11.6 Å². The molecule has 30 atom stereocenters. The van der Waals surface area contributed by atoms with E-state index in [2.05, 4.69) is 33.8 Å². The Labute approximate surface area is 463 Å². The zero-order chi connectivity index (χ0) is 58.3. The molecule has 4 heterocycles. The predicted octanol–water partition coefficient (Wildman–Crippen LogP) is -1.16. The van der Waals surface area contributed by atoms with Crippen LogP contribution in [0.15, 0.2) is 11.6 Å². The second-order valence-electron chi connectivity index (χ2n) is 26.5. The molecular formula is C56H96O23. The fraction of sp³-hybridized carbons (Fsp3) is 0.964. The standard InChI is InChI=1S/C56H96O23/c1-11-71-34-19-33-52(6)20-26(59)46(78-50-45(77-48-43(69)39(65)36(62)28(21-57)74-48)41(67)38(64)30(76-50)24-73-47-42(68)35(61)27(60)23-72-47)51(4,5)31(52)14-17-53(33,7)55(9)18-15-32(56(34,55)10)54(8,16-12-13-25(2)3)79-49-44(70)40(66)37(63)29(22-58)75-49/h13,26-50,57-70H,11-12,14-24H2,1-10H3/t26-,27?,28-,29-,30-,31?,32-,33?,34-,35?,36-,37-,38-,39+,40+,41+,42?,43-,44-,45-,46+,47?,48+,49+,50+,52+,53-,54?,55+,56+/m1/s1. The number of aliphatic hydroxyl groups excluding tert-OH is 14. The zero-order valence-electron chi connectivity index (χ0n) is 47.6. The van der Waals surface area contributed by atoms with Crippen LogP contribution in [-0.2, 0) is 42.6 Å². The van der Waals surface area contributed by atoms with Gasteiger partial charge < -0.3 is 114 Å². The lowest BCUT2D eigenvalue weighted by molar-refractivity contribution is -0.387. The van der Waals surface area contributed by atoms with E-state index in [1.54, 1.807) is 0 Å². The van der Waals surface area contributed by atoms with Gasteiger partial charge in [-0.2, -0.15) is 0 Å². The van der Waals surface area contributed by atoms with Gasteiger partial charge in [0.25, 0.3) is 0 Å². The fourth-order valence-electron chi connectivity index (χ4n) is 17.1. The monoisotopic (exact) mass is 1140 g/mol. The number of aliphatic hydroxyl groups is 14. The van der Waals surface area contributed by atoms with Gasteiger partial charge in [-0.05, 0) is 118 Å². The quantitative estimate of drug-likeness (QED) is 0.0603. The number of ether oxygens (including phenoxy) is 9. The van der Waals surface area contributed by atoms with Crippen molar-refractivity contribution in [1.82, 2.24) is 0 Å². The van der Waals surface area contributed by atoms with Crippen molar-refractivity contribution in [3.63, 3.8) is 0 Å². The molecule has 458 valence electrons. The third kappa shape index (κ3) is 10.9. The Hall–Kier alpha value is -1.18. The molecule has 0 radical (unpaired) electrons. The van der Waals surface area contributed by atoms with E-state index >= 15 is 0 Å². The van der Waals surface area contributed by atoms with Gasteiger partial charge in [0, 0.05) is 12.0 Å². The first kappa shape index (κ1) is 63.8. The second-order valence-corrected chi connectivity index (χ2v) is 26.5. The number of allylic oxidation sites excluding steroid dienone is 2. The van der Waals surface area contributed by atoms with E-state index in [-0.39, 0.29) is 42.3 Å². The van der Waals surface area contributed by atoms with Crippen LogP contribution < -0.4 is 0 Å². The summed E-state index contributed by atoms with van der Waals surface area (Å²) in [6, 6.07) is 0. The van der Waals surface area contributed by atoms with Crippen molar-refractivity contribution in [2.24, 2.45) is 44.8 Å². The van der Waals surface area contributed by atoms with E-state index in [9.17, 15) is 71.5 Å². The Morgan fingerprint density at radius 3 is 1.81 bits per heavy atom. The summed E-state index contributed by atoms with van der Waals surface area (Å²) in [6.45, 7) is 19.6. The van der Waals surface area contributed by atoms with Crippen LogP contribution in [0.4, 0.5) is 0 Å². The number of rotatable bonds is 17. The summed E-state index contributed by atoms with van der Waals surface area (Å²) in [5, 5.41) is 153. The minimum absolute atomic E-state index is 0.0195. The smallest absolute Gasteiger partial charge is 0.187 e. The van der Waals surface area contributed by atoms with Crippen molar-refractivity contribution in [2.45, 2.75) is 261 Å². The Balaban J connectivity index is 1.09. The largest absolute Gasteiger partial charge is 0.394 e. The zero-order valence-corrected chi connectivity index (χ0v) is 47.6. The van der Waals surface area contributed by atoms with Crippen LogP contribution >= 0.6 is 0 Å². The van der Waals surface area contributed by atoms with Crippen molar-refractivity contribution in [2.75, 3.05) is 33.0 Å². The highest BCUT2D eigenvalue weighted by molar-refractivity contribution is 5.25. The molecular weight excluding hydrogens is 1040 g/mol. The van der Waals surface area contributed by atoms with Crippen LogP contribution in [0.5, 0.6) is 0 Å². The van der Waals surface area contributed by atoms with Crippen molar-refractivity contribution < 1.29 is 114 Å². The molecule has 8 fully saturated rings. The Morgan fingerprint density at radius 2 is 1.20 bits per heavy atom. The van der Waals surface area contributed by atoms with E-state index in [0.29, 0.717) is 32.3 Å². The summed E-state index contributed by atoms with van der Waals surface area (Å²) in [6.07, 6.45) is -26.0. The van der Waals surface area contributed by atoms with Gasteiger partial charge in [0.1, 0.15) is 91.6 Å². The third-order valence-electron chi connectivity index (χ3n) is 21.6. The molecule has 8 rings (SSSR count). The maximum atomic E-state index is 12.8. The van der Waals surface area contributed by atoms with Crippen LogP contribution in [0, 0.1) is 44.8 Å². The van der Waals surface area contributed by atoms with Gasteiger partial charge in [-0.15, -0.1) is 0 Å². The summed E-state index contributed by atoms with van der Waals surface area (Å²) < 4.78 is 56.2. The van der Waals surface area contributed by atoms with E-state index in [1.165, 1.54) is 0 Å². The van der Waals surface area contributed by atoms with Crippen LogP contribution in [0.2, 0.25) is 0 Å². The fourth-order valence-corrected chi connectivity index (χ4v) is 17.1. The summed E-state index contributed by atoms with van der Waals surface area (Å²) in [4.78, 5) is 0.